The quantitative estimate of drug-likeness (QED) is 0.358. The average Bonchev–Trinajstić information content (AvgIpc) is 2.86. The van der Waals surface area contributed by atoms with Crippen molar-refractivity contribution in [1.82, 2.24) is 4.31 Å². The van der Waals surface area contributed by atoms with Crippen molar-refractivity contribution in [2.24, 2.45) is 0 Å². The maximum Gasteiger partial charge on any atom is 0.340 e. The maximum absolute atomic E-state index is 13.3. The zero-order chi connectivity index (χ0) is 24.3. The van der Waals surface area contributed by atoms with Crippen LogP contribution in [0.15, 0.2) is 71.6 Å². The topological polar surface area (TPSA) is 90.0 Å². The molecule has 176 valence electrons. The third-order valence-corrected chi connectivity index (χ3v) is 7.80. The number of rotatable bonds is 7. The highest BCUT2D eigenvalue weighted by molar-refractivity contribution is 7.89. The third-order valence-electron chi connectivity index (χ3n) is 5.63. The monoisotopic (exact) mass is 499 g/mol. The number of methoxy groups -OCH3 is 1. The van der Waals surface area contributed by atoms with Gasteiger partial charge in [0.2, 0.25) is 15.8 Å². The lowest BCUT2D eigenvalue weighted by Gasteiger charge is -2.28. The lowest BCUT2D eigenvalue weighted by Crippen LogP contribution is -2.36. The van der Waals surface area contributed by atoms with Crippen molar-refractivity contribution in [2.75, 3.05) is 20.3 Å². The zero-order valence-corrected chi connectivity index (χ0v) is 19.9. The first-order valence-corrected chi connectivity index (χ1v) is 12.3. The first kappa shape index (κ1) is 23.9. The van der Waals surface area contributed by atoms with Crippen LogP contribution in [-0.2, 0) is 27.7 Å². The fourth-order valence-electron chi connectivity index (χ4n) is 3.81. The first-order chi connectivity index (χ1) is 16.3. The highest BCUT2D eigenvalue weighted by Crippen LogP contribution is 2.28. The summed E-state index contributed by atoms with van der Waals surface area (Å²) in [6.45, 7) is 0.0267. The average molecular weight is 500 g/mol. The number of nitrogens with zero attached hydrogens (tertiary/aromatic N) is 1. The van der Waals surface area contributed by atoms with Gasteiger partial charge in [0.25, 0.3) is 0 Å². The highest BCUT2D eigenvalue weighted by Gasteiger charge is 2.29. The van der Waals surface area contributed by atoms with Gasteiger partial charge in [0.1, 0.15) is 5.75 Å². The Hall–Kier alpha value is -3.20. The van der Waals surface area contributed by atoms with Gasteiger partial charge in [0.05, 0.1) is 28.2 Å². The van der Waals surface area contributed by atoms with Crippen LogP contribution in [0.2, 0.25) is 5.02 Å². The Balaban J connectivity index is 1.51. The van der Waals surface area contributed by atoms with E-state index >= 15 is 0 Å². The Morgan fingerprint density at radius 2 is 1.68 bits per heavy atom. The summed E-state index contributed by atoms with van der Waals surface area (Å²) in [6, 6.07) is 18.1. The largest absolute Gasteiger partial charge is 0.496 e. The van der Waals surface area contributed by atoms with Crippen molar-refractivity contribution in [1.29, 1.82) is 0 Å². The van der Waals surface area contributed by atoms with Gasteiger partial charge >= 0.3 is 5.97 Å². The van der Waals surface area contributed by atoms with Gasteiger partial charge < -0.3 is 9.47 Å². The lowest BCUT2D eigenvalue weighted by atomic mass is 10.0. The van der Waals surface area contributed by atoms with Crippen LogP contribution in [0.5, 0.6) is 5.75 Å². The minimum Gasteiger partial charge on any atom is -0.496 e. The Morgan fingerprint density at radius 3 is 2.44 bits per heavy atom. The van der Waals surface area contributed by atoms with Crippen molar-refractivity contribution in [3.05, 3.63) is 94.0 Å². The second-order valence-electron chi connectivity index (χ2n) is 7.70. The lowest BCUT2D eigenvalue weighted by molar-refractivity contribution is 0.0474. The second kappa shape index (κ2) is 9.97. The molecule has 3 aromatic carbocycles. The molecular formula is C25H22ClNO6S. The van der Waals surface area contributed by atoms with Crippen LogP contribution >= 0.6 is 11.6 Å². The summed E-state index contributed by atoms with van der Waals surface area (Å²) in [5.74, 6) is -0.996. The van der Waals surface area contributed by atoms with E-state index in [1.54, 1.807) is 24.3 Å². The first-order valence-electron chi connectivity index (χ1n) is 10.5. The Bertz CT molecular complexity index is 1360. The van der Waals surface area contributed by atoms with Crippen LogP contribution < -0.4 is 4.74 Å². The second-order valence-corrected chi connectivity index (χ2v) is 10.0. The molecule has 1 heterocycles. The van der Waals surface area contributed by atoms with Crippen molar-refractivity contribution >= 4 is 33.4 Å². The SMILES string of the molecule is COc1ccccc1C(=O)COC(=O)c1cc(S(=O)(=O)N2CCc3ccccc3C2)ccc1Cl. The summed E-state index contributed by atoms with van der Waals surface area (Å²) >= 11 is 6.16. The van der Waals surface area contributed by atoms with E-state index in [1.807, 2.05) is 24.3 Å². The summed E-state index contributed by atoms with van der Waals surface area (Å²) < 4.78 is 38.2. The van der Waals surface area contributed by atoms with Crippen molar-refractivity contribution < 1.29 is 27.5 Å². The molecule has 0 aliphatic carbocycles. The van der Waals surface area contributed by atoms with Crippen LogP contribution in [0.3, 0.4) is 0 Å². The standard InChI is InChI=1S/C25H22ClNO6S/c1-32-24-9-5-4-8-20(24)23(28)16-33-25(29)21-14-19(10-11-22(21)26)34(30,31)27-13-12-17-6-2-3-7-18(17)15-27/h2-11,14H,12-13,15-16H2,1H3. The Labute approximate surface area is 202 Å². The van der Waals surface area contributed by atoms with Gasteiger partial charge in [-0.3, -0.25) is 4.79 Å². The van der Waals surface area contributed by atoms with E-state index in [0.29, 0.717) is 18.7 Å². The number of Topliss-reactive ketones (excluding diaryl/α,β-unsaturated/α-hetero) is 1. The van der Waals surface area contributed by atoms with Crippen molar-refractivity contribution in [2.45, 2.75) is 17.9 Å². The van der Waals surface area contributed by atoms with E-state index < -0.39 is 28.4 Å². The number of hydrogen-bond donors (Lipinski definition) is 0. The molecule has 1 aliphatic heterocycles. The molecule has 0 radical (unpaired) electrons. The van der Waals surface area contributed by atoms with Gasteiger partial charge in [-0.25, -0.2) is 13.2 Å². The molecule has 1 aliphatic rings. The van der Waals surface area contributed by atoms with E-state index in [-0.39, 0.29) is 27.6 Å². The number of para-hydroxylation sites is 1. The summed E-state index contributed by atoms with van der Waals surface area (Å²) in [5, 5.41) is 0.0256. The number of fused-ring (bicyclic) bond motifs is 1. The molecule has 0 spiro atoms. The van der Waals surface area contributed by atoms with Gasteiger partial charge in [0, 0.05) is 13.1 Å². The zero-order valence-electron chi connectivity index (χ0n) is 18.4. The van der Waals surface area contributed by atoms with Crippen LogP contribution in [0.4, 0.5) is 0 Å². The third kappa shape index (κ3) is 4.84. The molecule has 0 aromatic heterocycles. The van der Waals surface area contributed by atoms with E-state index in [0.717, 1.165) is 11.1 Å². The van der Waals surface area contributed by atoms with E-state index in [2.05, 4.69) is 0 Å². The molecule has 0 fully saturated rings. The normalized spacial score (nSPS) is 13.7. The number of sulfonamides is 1. The molecule has 0 amide bonds. The summed E-state index contributed by atoms with van der Waals surface area (Å²) in [7, 11) is -2.44. The molecular weight excluding hydrogens is 478 g/mol. The van der Waals surface area contributed by atoms with Crippen LogP contribution in [0.1, 0.15) is 31.8 Å². The molecule has 0 bridgehead atoms. The van der Waals surface area contributed by atoms with Crippen molar-refractivity contribution in [3.8, 4) is 5.75 Å². The van der Waals surface area contributed by atoms with Crippen LogP contribution in [0.25, 0.3) is 0 Å². The summed E-state index contributed by atoms with van der Waals surface area (Å²) in [4.78, 5) is 25.1. The smallest absolute Gasteiger partial charge is 0.340 e. The number of esters is 1. The number of carbonyl (C=O) groups is 2. The minimum atomic E-state index is -3.88. The van der Waals surface area contributed by atoms with Crippen molar-refractivity contribution in [3.63, 3.8) is 0 Å². The van der Waals surface area contributed by atoms with E-state index in [9.17, 15) is 18.0 Å². The van der Waals surface area contributed by atoms with Gasteiger partial charge in [-0.2, -0.15) is 4.31 Å². The van der Waals surface area contributed by atoms with Gasteiger partial charge in [-0.1, -0.05) is 48.0 Å². The predicted molar refractivity (Wildman–Crippen MR) is 127 cm³/mol. The number of ether oxygens (including phenoxy) is 2. The number of ketones is 1. The Kier molecular flexibility index (Phi) is 7.02. The van der Waals surface area contributed by atoms with Crippen LogP contribution in [-0.4, -0.2) is 44.7 Å². The number of halogens is 1. The summed E-state index contributed by atoms with van der Waals surface area (Å²) in [6.07, 6.45) is 0.600. The van der Waals surface area contributed by atoms with Gasteiger partial charge in [0.15, 0.2) is 6.61 Å². The molecule has 0 saturated carbocycles. The molecule has 3 aromatic rings. The molecule has 9 heteroatoms. The van der Waals surface area contributed by atoms with E-state index in [1.165, 1.54) is 29.6 Å². The number of hydrogen-bond acceptors (Lipinski definition) is 6. The van der Waals surface area contributed by atoms with E-state index in [4.69, 9.17) is 21.1 Å². The maximum atomic E-state index is 13.3. The minimum absolute atomic E-state index is 0.0256. The molecule has 0 saturated heterocycles. The van der Waals surface area contributed by atoms with Crippen LogP contribution in [0, 0.1) is 0 Å². The molecule has 4 rings (SSSR count). The Morgan fingerprint density at radius 1 is 0.971 bits per heavy atom. The number of benzene rings is 3. The predicted octanol–water partition coefficient (Wildman–Crippen LogP) is 4.14. The molecule has 0 atom stereocenters. The van der Waals surface area contributed by atoms with Gasteiger partial charge in [-0.15, -0.1) is 0 Å². The number of carbonyl (C=O) groups excluding carboxylic acids is 2. The molecule has 0 N–H and O–H groups in total. The molecule has 7 nitrogen and oxygen atoms in total. The molecule has 0 unspecified atom stereocenters. The highest BCUT2D eigenvalue weighted by atomic mass is 35.5. The molecule has 34 heavy (non-hydrogen) atoms. The summed E-state index contributed by atoms with van der Waals surface area (Å²) in [5.41, 5.74) is 2.20. The fraction of sp³-hybridized carbons (Fsp3) is 0.200. The van der Waals surface area contributed by atoms with Gasteiger partial charge in [-0.05, 0) is 47.9 Å². The fourth-order valence-corrected chi connectivity index (χ4v) is 5.45.